The Morgan fingerprint density at radius 3 is 2.63 bits per heavy atom. The smallest absolute Gasteiger partial charge is 0.331 e. The summed E-state index contributed by atoms with van der Waals surface area (Å²) in [6.45, 7) is 7.02. The van der Waals surface area contributed by atoms with Gasteiger partial charge in [-0.05, 0) is 81.1 Å². The van der Waals surface area contributed by atoms with Crippen LogP contribution in [-0.4, -0.2) is 77.9 Å². The van der Waals surface area contributed by atoms with Crippen molar-refractivity contribution in [1.29, 1.82) is 0 Å². The summed E-state index contributed by atoms with van der Waals surface area (Å²) in [4.78, 5) is 11.8. The number of carbonyl (C=O) groups is 1. The number of carbonyl (C=O) groups excluding carboxylic acids is 1. The van der Waals surface area contributed by atoms with Crippen molar-refractivity contribution in [2.24, 2.45) is 22.7 Å². The van der Waals surface area contributed by atoms with Gasteiger partial charge in [0.05, 0.1) is 12.2 Å². The number of epoxide rings is 1. The van der Waals surface area contributed by atoms with Gasteiger partial charge in [-0.25, -0.2) is 4.79 Å². The summed E-state index contributed by atoms with van der Waals surface area (Å²) >= 11 is 0. The van der Waals surface area contributed by atoms with Crippen LogP contribution in [0.3, 0.4) is 0 Å². The van der Waals surface area contributed by atoms with E-state index in [1.807, 2.05) is 0 Å². The van der Waals surface area contributed by atoms with E-state index >= 15 is 0 Å². The normalized spacial score (nSPS) is 55.2. The van der Waals surface area contributed by atoms with Crippen LogP contribution in [0.15, 0.2) is 23.3 Å². The van der Waals surface area contributed by atoms with Crippen LogP contribution in [0.1, 0.15) is 72.1 Å². The Balaban J connectivity index is 1.07. The Kier molecular flexibility index (Phi) is 5.65. The lowest BCUT2D eigenvalue weighted by Crippen LogP contribution is -2.60. The number of hydrogen-bond acceptors (Lipinski definition) is 8. The van der Waals surface area contributed by atoms with Gasteiger partial charge < -0.3 is 33.9 Å². The number of hydrogen-bond donors (Lipinski definition) is 2. The predicted octanol–water partition coefficient (Wildman–Crippen LogP) is 3.19. The molecule has 0 aromatic carbocycles. The summed E-state index contributed by atoms with van der Waals surface area (Å²) in [6, 6.07) is 0. The second kappa shape index (κ2) is 8.37. The van der Waals surface area contributed by atoms with E-state index in [-0.39, 0.29) is 34.1 Å². The van der Waals surface area contributed by atoms with E-state index < -0.39 is 30.7 Å². The van der Waals surface area contributed by atoms with E-state index in [1.54, 1.807) is 13.0 Å². The average Bonchev–Trinajstić information content (AvgIpc) is 3.20. The molecule has 210 valence electrons. The first-order valence-corrected chi connectivity index (χ1v) is 14.6. The SMILES string of the molecule is COC1C(O)C(C)OC(OC2CCC3(C)C(CCC45OC46CC=C(C4=CC(=O)OC4)C6(C)CCC35)C2)C1O. The Labute approximate surface area is 224 Å². The van der Waals surface area contributed by atoms with Gasteiger partial charge in [0.2, 0.25) is 0 Å². The number of aliphatic hydroxyl groups is 2. The number of ether oxygens (including phenoxy) is 5. The number of cyclic esters (lactones) is 1. The second-order valence-electron chi connectivity index (χ2n) is 13.5. The van der Waals surface area contributed by atoms with Gasteiger partial charge in [0.1, 0.15) is 36.1 Å². The predicted molar refractivity (Wildman–Crippen MR) is 136 cm³/mol. The van der Waals surface area contributed by atoms with E-state index in [2.05, 4.69) is 19.9 Å². The topological polar surface area (TPSA) is 107 Å². The van der Waals surface area contributed by atoms with Crippen molar-refractivity contribution in [3.8, 4) is 0 Å². The van der Waals surface area contributed by atoms with Crippen molar-refractivity contribution in [2.75, 3.05) is 13.7 Å². The number of esters is 1. The quantitative estimate of drug-likeness (QED) is 0.324. The maximum atomic E-state index is 11.8. The molecule has 0 radical (unpaired) electrons. The molecule has 4 aliphatic carbocycles. The van der Waals surface area contributed by atoms with Crippen LogP contribution >= 0.6 is 0 Å². The molecular formula is C30H42O8. The number of rotatable bonds is 4. The molecule has 0 amide bonds. The molecule has 2 N–H and O–H groups in total. The fourth-order valence-corrected chi connectivity index (χ4v) is 10.0. The van der Waals surface area contributed by atoms with Crippen molar-refractivity contribution in [2.45, 2.75) is 120 Å². The minimum Gasteiger partial charge on any atom is -0.458 e. The largest absolute Gasteiger partial charge is 0.458 e. The highest BCUT2D eigenvalue weighted by Crippen LogP contribution is 2.80. The molecule has 8 nitrogen and oxygen atoms in total. The third kappa shape index (κ3) is 3.16. The van der Waals surface area contributed by atoms with Crippen molar-refractivity contribution >= 4 is 5.97 Å². The lowest BCUT2D eigenvalue weighted by Gasteiger charge is -2.58. The fourth-order valence-electron chi connectivity index (χ4n) is 10.0. The molecule has 38 heavy (non-hydrogen) atoms. The van der Waals surface area contributed by atoms with Crippen LogP contribution in [0.4, 0.5) is 0 Å². The van der Waals surface area contributed by atoms with Gasteiger partial charge in [-0.1, -0.05) is 19.9 Å². The minimum atomic E-state index is -1.02. The molecule has 0 aromatic heterocycles. The van der Waals surface area contributed by atoms with Crippen LogP contribution in [-0.2, 0) is 28.5 Å². The molecule has 12 atom stereocenters. The zero-order chi connectivity index (χ0) is 26.7. The van der Waals surface area contributed by atoms with Crippen LogP contribution < -0.4 is 0 Å². The summed E-state index contributed by atoms with van der Waals surface area (Å²) in [5.74, 6) is 0.810. The van der Waals surface area contributed by atoms with E-state index in [9.17, 15) is 15.0 Å². The second-order valence-corrected chi connectivity index (χ2v) is 13.5. The first kappa shape index (κ1) is 25.7. The first-order valence-electron chi connectivity index (χ1n) is 14.6. The molecule has 0 bridgehead atoms. The molecule has 3 saturated carbocycles. The summed E-state index contributed by atoms with van der Waals surface area (Å²) in [5.41, 5.74) is 2.20. The minimum absolute atomic E-state index is 0.0104. The van der Waals surface area contributed by atoms with E-state index in [0.29, 0.717) is 18.4 Å². The molecule has 0 aromatic rings. The van der Waals surface area contributed by atoms with Crippen LogP contribution in [0.5, 0.6) is 0 Å². The molecule has 2 spiro atoms. The molecule has 3 aliphatic heterocycles. The maximum absolute atomic E-state index is 11.8. The lowest BCUT2D eigenvalue weighted by atomic mass is 9.44. The zero-order valence-corrected chi connectivity index (χ0v) is 23.0. The highest BCUT2D eigenvalue weighted by Gasteiger charge is 2.85. The maximum Gasteiger partial charge on any atom is 0.331 e. The van der Waals surface area contributed by atoms with Crippen LogP contribution in [0.25, 0.3) is 0 Å². The van der Waals surface area contributed by atoms with Crippen molar-refractivity contribution in [3.63, 3.8) is 0 Å². The standard InChI is InChI=1S/C30H42O8/c1-16-23(32)25(34-4)24(33)26(36-16)37-19-6-9-27(2)18(14-19)5-11-29-21(27)8-10-28(3)20(7-12-30(28,29)38-29)17-13-22(31)35-15-17/h7,13,16,18-19,21,23-26,32-33H,5-6,8-12,14-15H2,1-4H3. The third-order valence-corrected chi connectivity index (χ3v) is 12.1. The van der Waals surface area contributed by atoms with Gasteiger partial charge in [0, 0.05) is 24.2 Å². The number of fused-ring (bicyclic) bond motifs is 2. The van der Waals surface area contributed by atoms with Crippen molar-refractivity contribution < 1.29 is 38.7 Å². The molecule has 8 heteroatoms. The van der Waals surface area contributed by atoms with Gasteiger partial charge in [-0.3, -0.25) is 0 Å². The van der Waals surface area contributed by atoms with Gasteiger partial charge in [-0.2, -0.15) is 0 Å². The van der Waals surface area contributed by atoms with Gasteiger partial charge >= 0.3 is 5.97 Å². The molecule has 7 rings (SSSR count). The summed E-state index contributed by atoms with van der Waals surface area (Å²) < 4.78 is 29.9. The Hall–Kier alpha value is -1.29. The Bertz CT molecular complexity index is 1090. The van der Waals surface area contributed by atoms with Crippen LogP contribution in [0.2, 0.25) is 0 Å². The van der Waals surface area contributed by atoms with Gasteiger partial charge in [-0.15, -0.1) is 0 Å². The summed E-state index contributed by atoms with van der Waals surface area (Å²) in [5, 5.41) is 21.1. The van der Waals surface area contributed by atoms with E-state index in [1.165, 1.54) is 12.7 Å². The van der Waals surface area contributed by atoms with Crippen LogP contribution in [0, 0.1) is 22.7 Å². The average molecular weight is 531 g/mol. The van der Waals surface area contributed by atoms with E-state index in [0.717, 1.165) is 56.9 Å². The number of aliphatic hydroxyl groups excluding tert-OH is 2. The molecular weight excluding hydrogens is 488 g/mol. The summed E-state index contributed by atoms with van der Waals surface area (Å²) in [7, 11) is 1.50. The third-order valence-electron chi connectivity index (χ3n) is 12.1. The summed E-state index contributed by atoms with van der Waals surface area (Å²) in [6.07, 6.45) is 8.36. The van der Waals surface area contributed by atoms with E-state index in [4.69, 9.17) is 23.7 Å². The van der Waals surface area contributed by atoms with Gasteiger partial charge in [0.15, 0.2) is 6.29 Å². The molecule has 2 saturated heterocycles. The van der Waals surface area contributed by atoms with Crippen molar-refractivity contribution in [3.05, 3.63) is 23.3 Å². The molecule has 3 heterocycles. The lowest BCUT2D eigenvalue weighted by molar-refractivity contribution is -0.312. The molecule has 12 unspecified atom stereocenters. The Morgan fingerprint density at radius 2 is 1.89 bits per heavy atom. The molecule has 7 aliphatic rings. The molecule has 5 fully saturated rings. The van der Waals surface area contributed by atoms with Crippen molar-refractivity contribution in [1.82, 2.24) is 0 Å². The highest BCUT2D eigenvalue weighted by molar-refractivity contribution is 5.87. The monoisotopic (exact) mass is 530 g/mol. The number of methoxy groups -OCH3 is 1. The fraction of sp³-hybridized carbons (Fsp3) is 0.833. The highest BCUT2D eigenvalue weighted by atomic mass is 16.7. The Morgan fingerprint density at radius 1 is 1.08 bits per heavy atom. The first-order chi connectivity index (χ1) is 18.1. The zero-order valence-electron chi connectivity index (χ0n) is 23.0. The van der Waals surface area contributed by atoms with Gasteiger partial charge in [0.25, 0.3) is 0 Å².